The van der Waals surface area contributed by atoms with Gasteiger partial charge in [0.05, 0.1) is 23.1 Å². The predicted octanol–water partition coefficient (Wildman–Crippen LogP) is 2.10. The number of amides is 2. The lowest BCUT2D eigenvalue weighted by Gasteiger charge is -2.24. The predicted molar refractivity (Wildman–Crippen MR) is 98.4 cm³/mol. The Morgan fingerprint density at radius 2 is 1.93 bits per heavy atom. The van der Waals surface area contributed by atoms with E-state index < -0.39 is 16.4 Å². The van der Waals surface area contributed by atoms with Crippen LogP contribution in [0.5, 0.6) is 11.5 Å². The maximum Gasteiger partial charge on any atom is 0.280 e. The van der Waals surface area contributed by atoms with E-state index in [1.54, 1.807) is 6.92 Å². The molecule has 1 aliphatic rings. The van der Waals surface area contributed by atoms with E-state index in [1.807, 2.05) is 20.8 Å². The van der Waals surface area contributed by atoms with Crippen LogP contribution < -0.4 is 14.8 Å². The van der Waals surface area contributed by atoms with E-state index in [1.165, 1.54) is 29.2 Å². The fourth-order valence-electron chi connectivity index (χ4n) is 2.48. The van der Waals surface area contributed by atoms with Gasteiger partial charge in [-0.15, -0.1) is 0 Å². The molecule has 0 spiro atoms. The molecule has 146 valence electrons. The van der Waals surface area contributed by atoms with Gasteiger partial charge in [-0.1, -0.05) is 0 Å². The Morgan fingerprint density at radius 3 is 2.48 bits per heavy atom. The highest BCUT2D eigenvalue weighted by atomic mass is 16.7. The smallest absolute Gasteiger partial charge is 0.280 e. The zero-order valence-electron chi connectivity index (χ0n) is 15.8. The molecule has 0 fully saturated rings. The number of likely N-dealkylation sites (N-methyl/N-ethyl adjacent to an activating group) is 1. The summed E-state index contributed by atoms with van der Waals surface area (Å²) >= 11 is 0. The monoisotopic (exact) mass is 377 g/mol. The number of benzene rings is 1. The molecule has 2 amide bonds. The number of nitro benzene ring substituents is 1. The Balaban J connectivity index is 2.15. The summed E-state index contributed by atoms with van der Waals surface area (Å²) < 4.78 is 10.4. The normalized spacial score (nSPS) is 12.9. The maximum absolute atomic E-state index is 12.4. The molecule has 1 N–H and O–H groups in total. The molecule has 1 heterocycles. The Morgan fingerprint density at radius 1 is 1.30 bits per heavy atom. The first kappa shape index (κ1) is 20.2. The summed E-state index contributed by atoms with van der Waals surface area (Å²) in [5.74, 6) is -0.0301. The van der Waals surface area contributed by atoms with Crippen LogP contribution >= 0.6 is 0 Å². The van der Waals surface area contributed by atoms with Crippen LogP contribution in [0.3, 0.4) is 0 Å². The van der Waals surface area contributed by atoms with Crippen molar-refractivity contribution < 1.29 is 24.0 Å². The first-order chi connectivity index (χ1) is 12.6. The summed E-state index contributed by atoms with van der Waals surface area (Å²) in [5, 5.41) is 14.0. The van der Waals surface area contributed by atoms with Gasteiger partial charge in [0, 0.05) is 18.2 Å². The first-order valence-electron chi connectivity index (χ1n) is 8.46. The van der Waals surface area contributed by atoms with E-state index in [0.717, 1.165) is 0 Å². The molecular formula is C18H23N3O6. The van der Waals surface area contributed by atoms with E-state index in [4.69, 9.17) is 9.47 Å². The molecule has 0 saturated heterocycles. The number of nitrogens with one attached hydrogen (secondary N) is 1. The van der Waals surface area contributed by atoms with Gasteiger partial charge >= 0.3 is 0 Å². The molecule has 27 heavy (non-hydrogen) atoms. The van der Waals surface area contributed by atoms with E-state index >= 15 is 0 Å². The number of hydrogen-bond acceptors (Lipinski definition) is 6. The van der Waals surface area contributed by atoms with E-state index in [9.17, 15) is 19.7 Å². The highest BCUT2D eigenvalue weighted by molar-refractivity contribution is 5.95. The van der Waals surface area contributed by atoms with Gasteiger partial charge in [-0.2, -0.15) is 0 Å². The van der Waals surface area contributed by atoms with Gasteiger partial charge in [0.1, 0.15) is 0 Å². The fourth-order valence-corrected chi connectivity index (χ4v) is 2.48. The highest BCUT2D eigenvalue weighted by Crippen LogP contribution is 2.38. The minimum absolute atomic E-state index is 0.00884. The lowest BCUT2D eigenvalue weighted by Crippen LogP contribution is -2.47. The highest BCUT2D eigenvalue weighted by Gasteiger charge is 2.23. The van der Waals surface area contributed by atoms with Crippen molar-refractivity contribution in [2.24, 2.45) is 0 Å². The molecule has 0 atom stereocenters. The quantitative estimate of drug-likeness (QED) is 0.462. The molecule has 9 nitrogen and oxygen atoms in total. The number of rotatable bonds is 6. The third-order valence-electron chi connectivity index (χ3n) is 3.67. The summed E-state index contributed by atoms with van der Waals surface area (Å²) in [6.07, 6.45) is 2.55. The zero-order valence-corrected chi connectivity index (χ0v) is 15.8. The molecule has 0 aliphatic carbocycles. The van der Waals surface area contributed by atoms with Crippen molar-refractivity contribution in [1.29, 1.82) is 0 Å². The molecule has 2 rings (SSSR count). The Labute approximate surface area is 157 Å². The minimum Gasteiger partial charge on any atom is -0.454 e. The van der Waals surface area contributed by atoms with Crippen LogP contribution in [0.25, 0.3) is 6.08 Å². The van der Waals surface area contributed by atoms with Gasteiger partial charge in [0.15, 0.2) is 11.5 Å². The van der Waals surface area contributed by atoms with Crippen LogP contribution in [0, 0.1) is 10.1 Å². The number of carbonyl (C=O) groups is 2. The SMILES string of the molecule is CCN(CC(=O)NC(C)(C)C)C(=O)/C=C/c1cc2c(cc1[N+](=O)[O-])OCO2. The van der Waals surface area contributed by atoms with Gasteiger partial charge in [-0.3, -0.25) is 19.7 Å². The Bertz CT molecular complexity index is 782. The zero-order chi connectivity index (χ0) is 20.2. The van der Waals surface area contributed by atoms with Gasteiger partial charge in [-0.25, -0.2) is 0 Å². The van der Waals surface area contributed by atoms with Crippen molar-refractivity contribution >= 4 is 23.6 Å². The largest absolute Gasteiger partial charge is 0.454 e. The lowest BCUT2D eigenvalue weighted by molar-refractivity contribution is -0.385. The van der Waals surface area contributed by atoms with Crippen LogP contribution in [-0.2, 0) is 9.59 Å². The number of nitrogens with zero attached hydrogens (tertiary/aromatic N) is 2. The van der Waals surface area contributed by atoms with Crippen molar-refractivity contribution in [1.82, 2.24) is 10.2 Å². The van der Waals surface area contributed by atoms with Crippen molar-refractivity contribution in [3.05, 3.63) is 33.9 Å². The second-order valence-corrected chi connectivity index (χ2v) is 7.01. The Hall–Kier alpha value is -3.10. The van der Waals surface area contributed by atoms with E-state index in [0.29, 0.717) is 18.0 Å². The summed E-state index contributed by atoms with van der Waals surface area (Å²) in [6, 6.07) is 2.72. The molecule has 1 aliphatic heterocycles. The summed E-state index contributed by atoms with van der Waals surface area (Å²) in [6.45, 7) is 7.51. The van der Waals surface area contributed by atoms with Crippen LogP contribution in [0.4, 0.5) is 5.69 Å². The summed E-state index contributed by atoms with van der Waals surface area (Å²) in [4.78, 5) is 36.5. The average Bonchev–Trinajstić information content (AvgIpc) is 3.02. The molecule has 0 unspecified atom stereocenters. The maximum atomic E-state index is 12.4. The number of carbonyl (C=O) groups excluding carboxylic acids is 2. The van der Waals surface area contributed by atoms with E-state index in [-0.39, 0.29) is 30.5 Å². The van der Waals surface area contributed by atoms with Crippen molar-refractivity contribution in [2.45, 2.75) is 33.2 Å². The number of fused-ring (bicyclic) bond motifs is 1. The molecule has 0 saturated carbocycles. The Kier molecular flexibility index (Phi) is 6.04. The minimum atomic E-state index is -0.555. The molecule has 1 aromatic rings. The second kappa shape index (κ2) is 8.07. The standard InChI is InChI=1S/C18H23N3O6/c1-5-20(10-16(22)19-18(2,3)4)17(23)7-6-12-8-14-15(27-11-26-14)9-13(12)21(24)25/h6-9H,5,10-11H2,1-4H3,(H,19,22)/b7-6+. The first-order valence-corrected chi connectivity index (χ1v) is 8.46. The van der Waals surface area contributed by atoms with E-state index in [2.05, 4.69) is 5.32 Å². The third kappa shape index (κ3) is 5.44. The van der Waals surface area contributed by atoms with Crippen LogP contribution in [-0.4, -0.2) is 47.1 Å². The number of hydrogen-bond donors (Lipinski definition) is 1. The third-order valence-corrected chi connectivity index (χ3v) is 3.67. The van der Waals surface area contributed by atoms with Gasteiger partial charge < -0.3 is 19.7 Å². The molecule has 9 heteroatoms. The second-order valence-electron chi connectivity index (χ2n) is 7.01. The molecule has 0 aromatic heterocycles. The lowest BCUT2D eigenvalue weighted by atomic mass is 10.1. The number of ether oxygens (including phenoxy) is 2. The van der Waals surface area contributed by atoms with Crippen LogP contribution in [0.15, 0.2) is 18.2 Å². The fraction of sp³-hybridized carbons (Fsp3) is 0.444. The average molecular weight is 377 g/mol. The van der Waals surface area contributed by atoms with Crippen molar-refractivity contribution in [3.8, 4) is 11.5 Å². The van der Waals surface area contributed by atoms with Crippen molar-refractivity contribution in [3.63, 3.8) is 0 Å². The van der Waals surface area contributed by atoms with Crippen molar-refractivity contribution in [2.75, 3.05) is 19.9 Å². The van der Waals surface area contributed by atoms with Gasteiger partial charge in [0.2, 0.25) is 18.6 Å². The molecule has 0 radical (unpaired) electrons. The van der Waals surface area contributed by atoms with Crippen LogP contribution in [0.2, 0.25) is 0 Å². The van der Waals surface area contributed by atoms with Gasteiger partial charge in [-0.05, 0) is 39.8 Å². The molecular weight excluding hydrogens is 354 g/mol. The molecule has 0 bridgehead atoms. The summed E-state index contributed by atoms with van der Waals surface area (Å²) in [5.41, 5.74) is -0.382. The number of nitro groups is 1. The molecule has 1 aromatic carbocycles. The van der Waals surface area contributed by atoms with Gasteiger partial charge in [0.25, 0.3) is 5.69 Å². The topological polar surface area (TPSA) is 111 Å². The van der Waals surface area contributed by atoms with Crippen LogP contribution in [0.1, 0.15) is 33.3 Å². The summed E-state index contributed by atoms with van der Waals surface area (Å²) in [7, 11) is 0.